The highest BCUT2D eigenvalue weighted by Crippen LogP contribution is 2.18. The second-order valence-corrected chi connectivity index (χ2v) is 3.96. The fourth-order valence-corrected chi connectivity index (χ4v) is 1.82. The van der Waals surface area contributed by atoms with Crippen molar-refractivity contribution in [3.05, 3.63) is 54.4 Å². The van der Waals surface area contributed by atoms with Crippen LogP contribution in [0.15, 0.2) is 48.8 Å². The van der Waals surface area contributed by atoms with Crippen LogP contribution >= 0.6 is 0 Å². The molecule has 2 rings (SSSR count). The van der Waals surface area contributed by atoms with E-state index in [9.17, 15) is 0 Å². The Hall–Kier alpha value is -2.07. The van der Waals surface area contributed by atoms with Crippen molar-refractivity contribution in [3.8, 4) is 5.75 Å². The standard InChI is InChI=1S/C14H17N3O/c1-18-14-5-3-2-4-12(14)8-11-17(15)13-6-9-16-10-7-13/h2-7,9-10H,8,11,15H2,1H3. The maximum atomic E-state index is 6.00. The normalized spacial score (nSPS) is 10.1. The molecule has 4 nitrogen and oxygen atoms in total. The van der Waals surface area contributed by atoms with E-state index >= 15 is 0 Å². The molecule has 0 saturated heterocycles. The van der Waals surface area contributed by atoms with Gasteiger partial charge in [0, 0.05) is 18.9 Å². The summed E-state index contributed by atoms with van der Waals surface area (Å²) in [6.07, 6.45) is 4.30. The van der Waals surface area contributed by atoms with Crippen molar-refractivity contribution >= 4 is 5.69 Å². The van der Waals surface area contributed by atoms with E-state index in [0.717, 1.165) is 30.0 Å². The van der Waals surface area contributed by atoms with Crippen molar-refractivity contribution in [2.24, 2.45) is 5.84 Å². The second-order valence-electron chi connectivity index (χ2n) is 3.96. The zero-order chi connectivity index (χ0) is 12.8. The van der Waals surface area contributed by atoms with Gasteiger partial charge in [-0.2, -0.15) is 0 Å². The molecular weight excluding hydrogens is 226 g/mol. The van der Waals surface area contributed by atoms with Crippen molar-refractivity contribution in [2.45, 2.75) is 6.42 Å². The molecule has 0 unspecified atom stereocenters. The van der Waals surface area contributed by atoms with Gasteiger partial charge in [-0.15, -0.1) is 0 Å². The number of nitrogens with two attached hydrogens (primary N) is 1. The van der Waals surface area contributed by atoms with Gasteiger partial charge in [0.15, 0.2) is 0 Å². The molecule has 0 atom stereocenters. The molecule has 1 aromatic heterocycles. The number of methoxy groups -OCH3 is 1. The van der Waals surface area contributed by atoms with E-state index in [4.69, 9.17) is 10.6 Å². The van der Waals surface area contributed by atoms with Crippen LogP contribution in [0.25, 0.3) is 0 Å². The van der Waals surface area contributed by atoms with Crippen LogP contribution in [0.3, 0.4) is 0 Å². The molecule has 0 aliphatic heterocycles. The van der Waals surface area contributed by atoms with Crippen molar-refractivity contribution in [3.63, 3.8) is 0 Å². The summed E-state index contributed by atoms with van der Waals surface area (Å²) in [6.45, 7) is 0.727. The number of nitrogens with zero attached hydrogens (tertiary/aromatic N) is 2. The van der Waals surface area contributed by atoms with Crippen molar-refractivity contribution in [2.75, 3.05) is 18.7 Å². The minimum absolute atomic E-state index is 0.727. The first-order valence-electron chi connectivity index (χ1n) is 5.85. The van der Waals surface area contributed by atoms with Gasteiger partial charge in [-0.1, -0.05) is 18.2 Å². The van der Waals surface area contributed by atoms with E-state index in [1.54, 1.807) is 24.5 Å². The highest BCUT2D eigenvalue weighted by atomic mass is 16.5. The average Bonchev–Trinajstić information content (AvgIpc) is 2.46. The first-order chi connectivity index (χ1) is 8.81. The summed E-state index contributed by atoms with van der Waals surface area (Å²) in [4.78, 5) is 3.97. The third-order valence-electron chi connectivity index (χ3n) is 2.81. The maximum absolute atomic E-state index is 6.00. The summed E-state index contributed by atoms with van der Waals surface area (Å²) in [5.41, 5.74) is 2.12. The Balaban J connectivity index is 1.99. The summed E-state index contributed by atoms with van der Waals surface area (Å²) < 4.78 is 5.31. The lowest BCUT2D eigenvalue weighted by Gasteiger charge is -2.19. The molecule has 1 aromatic carbocycles. The monoisotopic (exact) mass is 243 g/mol. The van der Waals surface area contributed by atoms with E-state index < -0.39 is 0 Å². The minimum atomic E-state index is 0.727. The van der Waals surface area contributed by atoms with Gasteiger partial charge in [-0.3, -0.25) is 4.98 Å². The number of pyridine rings is 1. The molecule has 0 aliphatic rings. The first kappa shape index (κ1) is 12.4. The Morgan fingerprint density at radius 1 is 1.17 bits per heavy atom. The zero-order valence-electron chi connectivity index (χ0n) is 10.4. The lowest BCUT2D eigenvalue weighted by atomic mass is 10.1. The van der Waals surface area contributed by atoms with Gasteiger partial charge in [-0.25, -0.2) is 5.84 Å². The molecule has 0 saturated carbocycles. The molecule has 18 heavy (non-hydrogen) atoms. The molecule has 1 heterocycles. The predicted octanol–water partition coefficient (Wildman–Crippen LogP) is 2.01. The lowest BCUT2D eigenvalue weighted by molar-refractivity contribution is 0.409. The molecule has 2 aromatic rings. The van der Waals surface area contributed by atoms with Crippen LogP contribution in [0.1, 0.15) is 5.56 Å². The van der Waals surface area contributed by atoms with Crippen LogP contribution in [-0.4, -0.2) is 18.6 Å². The zero-order valence-corrected chi connectivity index (χ0v) is 10.4. The van der Waals surface area contributed by atoms with Crippen molar-refractivity contribution in [1.82, 2.24) is 4.98 Å². The van der Waals surface area contributed by atoms with Gasteiger partial charge < -0.3 is 9.75 Å². The summed E-state index contributed by atoms with van der Waals surface area (Å²) in [5.74, 6) is 6.90. The molecular formula is C14H17N3O. The first-order valence-corrected chi connectivity index (χ1v) is 5.85. The van der Waals surface area contributed by atoms with Gasteiger partial charge in [0.25, 0.3) is 0 Å². The van der Waals surface area contributed by atoms with Gasteiger partial charge >= 0.3 is 0 Å². The molecule has 0 aliphatic carbocycles. The molecule has 0 bridgehead atoms. The Morgan fingerprint density at radius 3 is 2.61 bits per heavy atom. The van der Waals surface area contributed by atoms with Gasteiger partial charge in [0.2, 0.25) is 0 Å². The molecule has 0 fully saturated rings. The van der Waals surface area contributed by atoms with Crippen LogP contribution in [0, 0.1) is 0 Å². The van der Waals surface area contributed by atoms with Crippen LogP contribution in [0.4, 0.5) is 5.69 Å². The highest BCUT2D eigenvalue weighted by Gasteiger charge is 2.05. The van der Waals surface area contributed by atoms with Crippen LogP contribution in [0.5, 0.6) is 5.75 Å². The highest BCUT2D eigenvalue weighted by molar-refractivity contribution is 5.43. The summed E-state index contributed by atoms with van der Waals surface area (Å²) in [7, 11) is 1.68. The molecule has 0 radical (unpaired) electrons. The Morgan fingerprint density at radius 2 is 1.89 bits per heavy atom. The predicted molar refractivity (Wildman–Crippen MR) is 72.5 cm³/mol. The Labute approximate surface area is 107 Å². The third-order valence-corrected chi connectivity index (χ3v) is 2.81. The van der Waals surface area contributed by atoms with E-state index in [-0.39, 0.29) is 0 Å². The summed E-state index contributed by atoms with van der Waals surface area (Å²) >= 11 is 0. The van der Waals surface area contributed by atoms with E-state index in [1.165, 1.54) is 0 Å². The topological polar surface area (TPSA) is 51.4 Å². The van der Waals surface area contributed by atoms with Crippen molar-refractivity contribution < 1.29 is 4.74 Å². The molecule has 0 amide bonds. The van der Waals surface area contributed by atoms with Gasteiger partial charge in [0.1, 0.15) is 5.75 Å². The lowest BCUT2D eigenvalue weighted by Crippen LogP contribution is -2.32. The fraction of sp³-hybridized carbons (Fsp3) is 0.214. The number of hydrogen-bond acceptors (Lipinski definition) is 4. The molecule has 94 valence electrons. The number of anilines is 1. The quantitative estimate of drug-likeness (QED) is 0.644. The molecule has 2 N–H and O–H groups in total. The third kappa shape index (κ3) is 2.99. The second kappa shape index (κ2) is 6.02. The number of hydrazine groups is 1. The average molecular weight is 243 g/mol. The Bertz CT molecular complexity index is 487. The van der Waals surface area contributed by atoms with Crippen LogP contribution < -0.4 is 15.6 Å². The van der Waals surface area contributed by atoms with E-state index in [1.807, 2.05) is 30.3 Å². The number of benzene rings is 1. The molecule has 4 heteroatoms. The van der Waals surface area contributed by atoms with Crippen LogP contribution in [0.2, 0.25) is 0 Å². The SMILES string of the molecule is COc1ccccc1CCN(N)c1ccncc1. The number of aromatic nitrogens is 1. The maximum Gasteiger partial charge on any atom is 0.122 e. The largest absolute Gasteiger partial charge is 0.496 e. The van der Waals surface area contributed by atoms with Crippen LogP contribution in [-0.2, 0) is 6.42 Å². The number of ether oxygens (including phenoxy) is 1. The summed E-state index contributed by atoms with van der Waals surface area (Å²) in [5, 5.41) is 1.72. The van der Waals surface area contributed by atoms with E-state index in [0.29, 0.717) is 0 Å². The number of hydrogen-bond donors (Lipinski definition) is 1. The van der Waals surface area contributed by atoms with E-state index in [2.05, 4.69) is 11.1 Å². The summed E-state index contributed by atoms with van der Waals surface area (Å²) in [6, 6.07) is 11.8. The Kier molecular flexibility index (Phi) is 4.15. The number of para-hydroxylation sites is 1. The fourth-order valence-electron chi connectivity index (χ4n) is 1.82. The van der Waals surface area contributed by atoms with Gasteiger partial charge in [-0.05, 0) is 30.2 Å². The molecule has 0 spiro atoms. The smallest absolute Gasteiger partial charge is 0.122 e. The van der Waals surface area contributed by atoms with Crippen molar-refractivity contribution in [1.29, 1.82) is 0 Å². The minimum Gasteiger partial charge on any atom is -0.496 e. The van der Waals surface area contributed by atoms with Gasteiger partial charge in [0.05, 0.1) is 12.8 Å². The number of rotatable bonds is 5.